The second-order valence-electron chi connectivity index (χ2n) is 9.44. The van der Waals surface area contributed by atoms with Crippen LogP contribution >= 0.6 is 22.9 Å². The molecule has 0 radical (unpaired) electrons. The molecule has 0 aromatic carbocycles. The van der Waals surface area contributed by atoms with E-state index in [1.54, 1.807) is 30.3 Å². The van der Waals surface area contributed by atoms with Gasteiger partial charge in [0.2, 0.25) is 5.91 Å². The lowest BCUT2D eigenvalue weighted by molar-refractivity contribution is -0.133. The molecule has 0 saturated heterocycles. The van der Waals surface area contributed by atoms with Gasteiger partial charge in [0, 0.05) is 24.9 Å². The molecule has 11 heteroatoms. The van der Waals surface area contributed by atoms with Crippen molar-refractivity contribution in [1.29, 1.82) is 0 Å². The molecule has 2 amide bonds. The number of amides is 2. The van der Waals surface area contributed by atoms with E-state index < -0.39 is 5.66 Å². The minimum Gasteiger partial charge on any atom is -0.349 e. The SMILES string of the molecule is CN(C)C(=O)[C@H]1CCc2c(sc3ncnc(Nc4cc(Cl)c5n(c4=O)C4(CCC4)NC5=O)c23)C1. The molecular weight excluding hydrogens is 476 g/mol. The van der Waals surface area contributed by atoms with Crippen LogP contribution in [-0.2, 0) is 23.3 Å². The van der Waals surface area contributed by atoms with E-state index in [1.807, 2.05) is 0 Å². The van der Waals surface area contributed by atoms with Gasteiger partial charge in [-0.1, -0.05) is 11.6 Å². The Morgan fingerprint density at radius 1 is 1.32 bits per heavy atom. The van der Waals surface area contributed by atoms with Gasteiger partial charge in [-0.05, 0) is 50.2 Å². The number of nitrogens with zero attached hydrogens (tertiary/aromatic N) is 4. The van der Waals surface area contributed by atoms with Crippen LogP contribution in [0.25, 0.3) is 10.2 Å². The van der Waals surface area contributed by atoms with Crippen molar-refractivity contribution in [1.82, 2.24) is 24.8 Å². The number of carbonyl (C=O) groups excluding carboxylic acids is 2. The van der Waals surface area contributed by atoms with Gasteiger partial charge < -0.3 is 15.5 Å². The van der Waals surface area contributed by atoms with Crippen LogP contribution in [0.4, 0.5) is 11.5 Å². The van der Waals surface area contributed by atoms with Gasteiger partial charge >= 0.3 is 0 Å². The molecule has 2 N–H and O–H groups in total. The molecule has 3 aromatic heterocycles. The van der Waals surface area contributed by atoms with E-state index in [0.29, 0.717) is 25.1 Å². The normalized spacial score (nSPS) is 20.0. The highest BCUT2D eigenvalue weighted by Crippen LogP contribution is 2.43. The number of hydrogen-bond donors (Lipinski definition) is 2. The molecule has 6 rings (SSSR count). The van der Waals surface area contributed by atoms with E-state index in [1.165, 1.54) is 17.0 Å². The molecule has 4 heterocycles. The fourth-order valence-electron chi connectivity index (χ4n) is 5.39. The first-order valence-electron chi connectivity index (χ1n) is 11.3. The second-order valence-corrected chi connectivity index (χ2v) is 10.9. The van der Waals surface area contributed by atoms with Crippen LogP contribution in [0, 0.1) is 5.92 Å². The Bertz CT molecular complexity index is 1440. The Balaban J connectivity index is 1.41. The summed E-state index contributed by atoms with van der Waals surface area (Å²) in [7, 11) is 3.57. The predicted molar refractivity (Wildman–Crippen MR) is 130 cm³/mol. The topological polar surface area (TPSA) is 109 Å². The van der Waals surface area contributed by atoms with Gasteiger partial charge in [0.15, 0.2) is 0 Å². The molecule has 3 aromatic rings. The third kappa shape index (κ3) is 3.01. The zero-order valence-corrected chi connectivity index (χ0v) is 20.3. The Labute approximate surface area is 204 Å². The molecule has 0 unspecified atom stereocenters. The number of nitrogens with one attached hydrogen (secondary N) is 2. The monoisotopic (exact) mass is 498 g/mol. The van der Waals surface area contributed by atoms with Gasteiger partial charge in [-0.2, -0.15) is 0 Å². The molecule has 0 bridgehead atoms. The number of fused-ring (bicyclic) bond motifs is 5. The predicted octanol–water partition coefficient (Wildman–Crippen LogP) is 3.02. The van der Waals surface area contributed by atoms with E-state index in [9.17, 15) is 14.4 Å². The number of rotatable bonds is 3. The summed E-state index contributed by atoms with van der Waals surface area (Å²) in [5.74, 6) is 0.324. The fourth-order valence-corrected chi connectivity index (χ4v) is 6.94. The van der Waals surface area contributed by atoms with E-state index in [2.05, 4.69) is 20.6 Å². The molecule has 176 valence electrons. The lowest BCUT2D eigenvalue weighted by Gasteiger charge is -2.39. The average Bonchev–Trinajstić information content (AvgIpc) is 3.32. The third-order valence-electron chi connectivity index (χ3n) is 7.21. The Hall–Kier alpha value is -2.98. The summed E-state index contributed by atoms with van der Waals surface area (Å²) in [6.07, 6.45) is 5.99. The van der Waals surface area contributed by atoms with Crippen molar-refractivity contribution in [3.63, 3.8) is 0 Å². The average molecular weight is 499 g/mol. The maximum absolute atomic E-state index is 13.5. The molecule has 9 nitrogen and oxygen atoms in total. The number of aryl methyl sites for hydroxylation is 1. The van der Waals surface area contributed by atoms with Crippen molar-refractivity contribution in [3.8, 4) is 0 Å². The fraction of sp³-hybridized carbons (Fsp3) is 0.435. The van der Waals surface area contributed by atoms with E-state index in [-0.39, 0.29) is 39.7 Å². The summed E-state index contributed by atoms with van der Waals surface area (Å²) in [6.45, 7) is 0. The van der Waals surface area contributed by atoms with Crippen molar-refractivity contribution in [2.24, 2.45) is 5.92 Å². The van der Waals surface area contributed by atoms with Gasteiger partial charge in [0.05, 0.1) is 10.4 Å². The molecule has 1 atom stereocenters. The molecule has 1 fully saturated rings. The molecule has 1 saturated carbocycles. The first kappa shape index (κ1) is 21.5. The Kier molecular flexibility index (Phi) is 4.76. The molecule has 34 heavy (non-hydrogen) atoms. The van der Waals surface area contributed by atoms with Gasteiger partial charge in [-0.25, -0.2) is 9.97 Å². The maximum Gasteiger partial charge on any atom is 0.276 e. The molecule has 1 aliphatic heterocycles. The van der Waals surface area contributed by atoms with Crippen LogP contribution in [0.1, 0.15) is 46.6 Å². The van der Waals surface area contributed by atoms with Crippen molar-refractivity contribution < 1.29 is 9.59 Å². The zero-order valence-electron chi connectivity index (χ0n) is 18.8. The lowest BCUT2D eigenvalue weighted by Crippen LogP contribution is -2.52. The largest absolute Gasteiger partial charge is 0.349 e. The first-order chi connectivity index (χ1) is 16.3. The van der Waals surface area contributed by atoms with E-state index >= 15 is 0 Å². The maximum atomic E-state index is 13.5. The Morgan fingerprint density at radius 2 is 2.12 bits per heavy atom. The van der Waals surface area contributed by atoms with Crippen molar-refractivity contribution in [2.45, 2.75) is 44.2 Å². The van der Waals surface area contributed by atoms with Crippen LogP contribution in [0.15, 0.2) is 17.2 Å². The van der Waals surface area contributed by atoms with Crippen molar-refractivity contribution in [2.75, 3.05) is 19.4 Å². The smallest absolute Gasteiger partial charge is 0.276 e. The van der Waals surface area contributed by atoms with E-state index in [0.717, 1.165) is 39.9 Å². The van der Waals surface area contributed by atoms with Crippen LogP contribution < -0.4 is 16.2 Å². The Morgan fingerprint density at radius 3 is 2.82 bits per heavy atom. The highest BCUT2D eigenvalue weighted by Gasteiger charge is 2.49. The highest BCUT2D eigenvalue weighted by atomic mass is 35.5. The molecule has 3 aliphatic rings. The van der Waals surface area contributed by atoms with E-state index in [4.69, 9.17) is 11.6 Å². The van der Waals surface area contributed by atoms with Crippen molar-refractivity contribution >= 4 is 56.5 Å². The van der Waals surface area contributed by atoms with Crippen LogP contribution in [0.5, 0.6) is 0 Å². The minimum atomic E-state index is -0.679. The zero-order chi connectivity index (χ0) is 23.8. The minimum absolute atomic E-state index is 0.0382. The molecular formula is C23H23ClN6O3S. The van der Waals surface area contributed by atoms with Gasteiger partial charge in [-0.3, -0.25) is 19.0 Å². The third-order valence-corrected chi connectivity index (χ3v) is 8.66. The van der Waals surface area contributed by atoms with Crippen LogP contribution in [-0.4, -0.2) is 45.3 Å². The summed E-state index contributed by atoms with van der Waals surface area (Å²) >= 11 is 8.04. The van der Waals surface area contributed by atoms with Crippen LogP contribution in [0.3, 0.4) is 0 Å². The number of aromatic nitrogens is 3. The highest BCUT2D eigenvalue weighted by molar-refractivity contribution is 7.19. The van der Waals surface area contributed by atoms with Gasteiger partial charge in [0.1, 0.15) is 34.0 Å². The number of anilines is 2. The van der Waals surface area contributed by atoms with Gasteiger partial charge in [0.25, 0.3) is 11.5 Å². The number of hydrogen-bond acceptors (Lipinski definition) is 7. The molecule has 1 spiro atoms. The van der Waals surface area contributed by atoms with Crippen molar-refractivity contribution in [3.05, 3.63) is 43.9 Å². The lowest BCUT2D eigenvalue weighted by atomic mass is 9.85. The number of pyridine rings is 1. The number of halogens is 1. The summed E-state index contributed by atoms with van der Waals surface area (Å²) in [5.41, 5.74) is 0.638. The van der Waals surface area contributed by atoms with Crippen LogP contribution in [0.2, 0.25) is 5.02 Å². The van der Waals surface area contributed by atoms with Gasteiger partial charge in [-0.15, -0.1) is 11.3 Å². The number of thiophene rings is 1. The summed E-state index contributed by atoms with van der Waals surface area (Å²) < 4.78 is 1.52. The summed E-state index contributed by atoms with van der Waals surface area (Å²) in [5, 5.41) is 7.26. The first-order valence-corrected chi connectivity index (χ1v) is 12.5. The number of carbonyl (C=O) groups is 2. The standard InChI is InChI=1S/C23H23ClN6O3S/c1-29(2)21(32)11-4-5-12-15(8-11)34-20-16(12)18(25-10-26-20)27-14-9-13(24)17-19(31)28-23(6-3-7-23)30(17)22(14)33/h9-11H,3-8H2,1-2H3,(H,28,31)(H,25,26,27)/t11-/m0/s1. The summed E-state index contributed by atoms with van der Waals surface area (Å²) in [6, 6.07) is 1.51. The summed E-state index contributed by atoms with van der Waals surface area (Å²) in [4.78, 5) is 51.0. The molecule has 2 aliphatic carbocycles. The second kappa shape index (κ2) is 7.51. The quantitative estimate of drug-likeness (QED) is 0.574.